The van der Waals surface area contributed by atoms with Gasteiger partial charge in [-0.3, -0.25) is 0 Å². The molecule has 1 atom stereocenters. The van der Waals surface area contributed by atoms with Crippen LogP contribution in [0.1, 0.15) is 31.9 Å². The van der Waals surface area contributed by atoms with Gasteiger partial charge in [-0.2, -0.15) is 0 Å². The van der Waals surface area contributed by atoms with E-state index in [9.17, 15) is 14.0 Å². The minimum atomic E-state index is -1.45. The minimum absolute atomic E-state index is 0.0593. The number of hydrogen-bond acceptors (Lipinski definition) is 3. The van der Waals surface area contributed by atoms with Gasteiger partial charge in [-0.1, -0.05) is 10.5 Å². The lowest BCUT2D eigenvalue weighted by Crippen LogP contribution is -2.25. The van der Waals surface area contributed by atoms with E-state index in [1.807, 2.05) is 0 Å². The zero-order valence-electron chi connectivity index (χ0n) is 11.3. The van der Waals surface area contributed by atoms with Crippen molar-refractivity contribution in [3.05, 3.63) is 41.7 Å². The molecule has 0 spiro atoms. The number of halogens is 1. The standard InChI is InChI=1S/C14H18FNO2S/c1-5-6-10-7-12(15)8-11(13(10)17)9-16-19(18)14(2,3)4/h5,7-9,17H,1,6H2,2-4H3. The summed E-state index contributed by atoms with van der Waals surface area (Å²) in [5, 5.41) is 9.96. The van der Waals surface area contributed by atoms with Gasteiger partial charge in [0.2, 0.25) is 0 Å². The average molecular weight is 283 g/mol. The van der Waals surface area contributed by atoms with Crippen molar-refractivity contribution in [2.24, 2.45) is 4.40 Å². The van der Waals surface area contributed by atoms with Crippen LogP contribution in [0.3, 0.4) is 0 Å². The van der Waals surface area contributed by atoms with Gasteiger partial charge in [0.15, 0.2) is 0 Å². The maximum absolute atomic E-state index is 13.4. The molecule has 1 unspecified atom stereocenters. The Morgan fingerprint density at radius 3 is 2.63 bits per heavy atom. The normalized spacial score (nSPS) is 13.7. The molecule has 0 heterocycles. The van der Waals surface area contributed by atoms with Crippen LogP contribution in [0.25, 0.3) is 0 Å². The van der Waals surface area contributed by atoms with Gasteiger partial charge in [-0.15, -0.1) is 6.58 Å². The Kier molecular flexibility index (Phi) is 5.14. The number of benzene rings is 1. The Morgan fingerprint density at radius 2 is 2.11 bits per heavy atom. The summed E-state index contributed by atoms with van der Waals surface area (Å²) in [6.45, 7) is 8.91. The smallest absolute Gasteiger partial charge is 0.144 e. The highest BCUT2D eigenvalue weighted by molar-refractivity contribution is 7.91. The molecule has 0 bridgehead atoms. The summed E-state index contributed by atoms with van der Waals surface area (Å²) in [6.07, 6.45) is 3.17. The maximum atomic E-state index is 13.4. The van der Waals surface area contributed by atoms with E-state index in [0.717, 1.165) is 6.07 Å². The Bertz CT molecular complexity index is 495. The van der Waals surface area contributed by atoms with Gasteiger partial charge in [-0.25, -0.2) is 4.39 Å². The monoisotopic (exact) mass is 283 g/mol. The second kappa shape index (κ2) is 6.21. The van der Waals surface area contributed by atoms with E-state index >= 15 is 0 Å². The molecule has 1 rings (SSSR count). The third-order valence-electron chi connectivity index (χ3n) is 2.36. The molecule has 1 aromatic rings. The molecule has 1 aromatic carbocycles. The molecule has 0 saturated carbocycles. The van der Waals surface area contributed by atoms with E-state index in [0.29, 0.717) is 12.0 Å². The van der Waals surface area contributed by atoms with Crippen molar-refractivity contribution in [1.82, 2.24) is 0 Å². The zero-order valence-corrected chi connectivity index (χ0v) is 12.1. The van der Waals surface area contributed by atoms with Gasteiger partial charge >= 0.3 is 0 Å². The number of phenolic OH excluding ortho intramolecular Hbond substituents is 1. The van der Waals surface area contributed by atoms with Crippen molar-refractivity contribution in [2.45, 2.75) is 31.9 Å². The summed E-state index contributed by atoms with van der Waals surface area (Å²) < 4.78 is 28.5. The van der Waals surface area contributed by atoms with Gasteiger partial charge < -0.3 is 9.66 Å². The number of hydrogen-bond donors (Lipinski definition) is 1. The first-order valence-corrected chi connectivity index (χ1v) is 6.94. The molecule has 0 aliphatic rings. The van der Waals surface area contributed by atoms with Crippen LogP contribution in [0.4, 0.5) is 4.39 Å². The van der Waals surface area contributed by atoms with Crippen LogP contribution >= 0.6 is 0 Å². The van der Waals surface area contributed by atoms with Crippen LogP contribution in [0.15, 0.2) is 29.2 Å². The van der Waals surface area contributed by atoms with Crippen LogP contribution in [0, 0.1) is 5.82 Å². The third-order valence-corrected chi connectivity index (χ3v) is 3.70. The lowest BCUT2D eigenvalue weighted by Gasteiger charge is -2.17. The first-order chi connectivity index (χ1) is 8.75. The van der Waals surface area contributed by atoms with Crippen LogP contribution in [-0.2, 0) is 17.8 Å². The first kappa shape index (κ1) is 15.7. The molecule has 0 fully saturated rings. The van der Waals surface area contributed by atoms with Crippen LogP contribution in [0.2, 0.25) is 0 Å². The summed E-state index contributed by atoms with van der Waals surface area (Å²) in [7, 11) is 0. The largest absolute Gasteiger partial charge is 0.591 e. The summed E-state index contributed by atoms with van der Waals surface area (Å²) in [5.41, 5.74) is 0.646. The Hall–Kier alpha value is -1.33. The van der Waals surface area contributed by atoms with Crippen molar-refractivity contribution in [3.8, 4) is 5.75 Å². The molecule has 0 aromatic heterocycles. The van der Waals surface area contributed by atoms with Gasteiger partial charge in [-0.05, 0) is 39.3 Å². The Balaban J connectivity index is 3.07. The second-order valence-corrected chi connectivity index (χ2v) is 7.03. The van der Waals surface area contributed by atoms with Crippen molar-refractivity contribution >= 4 is 17.6 Å². The van der Waals surface area contributed by atoms with Gasteiger partial charge in [0.25, 0.3) is 0 Å². The quantitative estimate of drug-likeness (QED) is 0.524. The highest BCUT2D eigenvalue weighted by Gasteiger charge is 2.26. The highest BCUT2D eigenvalue weighted by Crippen LogP contribution is 2.24. The van der Waals surface area contributed by atoms with Crippen molar-refractivity contribution in [2.75, 3.05) is 0 Å². The number of allylic oxidation sites excluding steroid dienone is 1. The second-order valence-electron chi connectivity index (χ2n) is 5.09. The first-order valence-electron chi connectivity index (χ1n) is 5.84. The number of rotatable bonds is 4. The van der Waals surface area contributed by atoms with E-state index in [2.05, 4.69) is 11.0 Å². The highest BCUT2D eigenvalue weighted by atomic mass is 32.2. The van der Waals surface area contributed by atoms with E-state index in [4.69, 9.17) is 0 Å². The molecule has 5 heteroatoms. The van der Waals surface area contributed by atoms with Crippen LogP contribution in [0.5, 0.6) is 5.75 Å². The number of aromatic hydroxyl groups is 1. The van der Waals surface area contributed by atoms with E-state index in [1.54, 1.807) is 26.8 Å². The molecule has 0 saturated heterocycles. The lowest BCUT2D eigenvalue weighted by atomic mass is 10.1. The summed E-state index contributed by atoms with van der Waals surface area (Å²) in [6, 6.07) is 2.40. The molecular formula is C14H18FNO2S. The number of phenols is 1. The summed E-state index contributed by atoms with van der Waals surface area (Å²) in [4.78, 5) is 0. The topological polar surface area (TPSA) is 55.7 Å². The molecule has 0 radical (unpaired) electrons. The SMILES string of the molecule is C=CCc1cc(F)cc(C=N[S+]([O-])C(C)(C)C)c1O. The predicted octanol–water partition coefficient (Wildman–Crippen LogP) is 3.14. The molecule has 1 N–H and O–H groups in total. The van der Waals surface area contributed by atoms with Crippen molar-refractivity contribution in [1.29, 1.82) is 0 Å². The van der Waals surface area contributed by atoms with E-state index in [-0.39, 0.29) is 11.3 Å². The molecule has 3 nitrogen and oxygen atoms in total. The molecular weight excluding hydrogens is 265 g/mol. The molecule has 19 heavy (non-hydrogen) atoms. The molecule has 0 aliphatic heterocycles. The van der Waals surface area contributed by atoms with E-state index in [1.165, 1.54) is 12.3 Å². The Morgan fingerprint density at radius 1 is 1.47 bits per heavy atom. The van der Waals surface area contributed by atoms with Crippen LogP contribution < -0.4 is 0 Å². The van der Waals surface area contributed by atoms with E-state index < -0.39 is 21.9 Å². The molecule has 104 valence electrons. The third kappa shape index (κ3) is 4.36. The number of nitrogens with zero attached hydrogens (tertiary/aromatic N) is 1. The van der Waals surface area contributed by atoms with Crippen LogP contribution in [-0.4, -0.2) is 20.6 Å². The van der Waals surface area contributed by atoms with Gasteiger partial charge in [0, 0.05) is 11.1 Å². The van der Waals surface area contributed by atoms with Crippen molar-refractivity contribution < 1.29 is 14.0 Å². The minimum Gasteiger partial charge on any atom is -0.591 e. The molecule has 0 amide bonds. The fraction of sp³-hybridized carbons (Fsp3) is 0.357. The van der Waals surface area contributed by atoms with Crippen molar-refractivity contribution in [3.63, 3.8) is 0 Å². The molecule has 0 aliphatic carbocycles. The fourth-order valence-corrected chi connectivity index (χ4v) is 1.88. The zero-order chi connectivity index (χ0) is 14.6. The fourth-order valence-electron chi connectivity index (χ4n) is 1.35. The average Bonchev–Trinajstić information content (AvgIpc) is 2.30. The summed E-state index contributed by atoms with van der Waals surface area (Å²) in [5.74, 6) is -0.534. The summed E-state index contributed by atoms with van der Waals surface area (Å²) >= 11 is -1.45. The predicted molar refractivity (Wildman–Crippen MR) is 77.5 cm³/mol. The Labute approximate surface area is 116 Å². The maximum Gasteiger partial charge on any atom is 0.144 e. The lowest BCUT2D eigenvalue weighted by molar-refractivity contribution is 0.466. The van der Waals surface area contributed by atoms with Gasteiger partial charge in [0.05, 0.1) is 6.21 Å². The van der Waals surface area contributed by atoms with Gasteiger partial charge in [0.1, 0.15) is 27.7 Å².